The molecule has 0 bridgehead atoms. The van der Waals surface area contributed by atoms with Crippen molar-refractivity contribution >= 4 is 5.91 Å². The summed E-state index contributed by atoms with van der Waals surface area (Å²) < 4.78 is 35.7. The number of hydrogen-bond acceptors (Lipinski definition) is 2. The number of carbonyl (C=O) groups excluding carboxylic acids is 1. The van der Waals surface area contributed by atoms with E-state index in [1.165, 1.54) is 5.01 Å². The van der Waals surface area contributed by atoms with Crippen LogP contribution in [0.2, 0.25) is 0 Å². The fourth-order valence-electron chi connectivity index (χ4n) is 1.46. The van der Waals surface area contributed by atoms with Crippen molar-refractivity contribution in [2.75, 3.05) is 6.54 Å². The number of carbonyl (C=O) groups is 1. The normalized spacial score (nSPS) is 24.7. The topological polar surface area (TPSA) is 32.3 Å². The second-order valence-corrected chi connectivity index (χ2v) is 3.48. The van der Waals surface area contributed by atoms with Crippen LogP contribution in [0.5, 0.6) is 0 Å². The maximum absolute atomic E-state index is 11.9. The Morgan fingerprint density at radius 2 is 2.07 bits per heavy atom. The van der Waals surface area contributed by atoms with E-state index in [9.17, 15) is 18.0 Å². The second kappa shape index (κ2) is 4.16. The minimum absolute atomic E-state index is 0.0185. The summed E-state index contributed by atoms with van der Waals surface area (Å²) in [5.74, 6) is -1.88. The predicted molar refractivity (Wildman–Crippen MR) is 44.2 cm³/mol. The van der Waals surface area contributed by atoms with Crippen molar-refractivity contribution in [3.8, 4) is 0 Å². The molecule has 1 unspecified atom stereocenters. The Morgan fingerprint density at radius 3 is 2.57 bits per heavy atom. The summed E-state index contributed by atoms with van der Waals surface area (Å²) in [6, 6.07) is -0.0185. The van der Waals surface area contributed by atoms with Crippen molar-refractivity contribution in [1.82, 2.24) is 10.4 Å². The van der Waals surface area contributed by atoms with E-state index in [4.69, 9.17) is 0 Å². The summed E-state index contributed by atoms with van der Waals surface area (Å²) in [4.78, 5) is 10.6. The van der Waals surface area contributed by atoms with E-state index in [0.29, 0.717) is 6.54 Å². The van der Waals surface area contributed by atoms with Crippen molar-refractivity contribution in [3.63, 3.8) is 0 Å². The first kappa shape index (κ1) is 11.3. The first-order chi connectivity index (χ1) is 6.41. The monoisotopic (exact) mass is 210 g/mol. The van der Waals surface area contributed by atoms with E-state index in [1.807, 2.05) is 5.43 Å². The van der Waals surface area contributed by atoms with Crippen LogP contribution in [0.4, 0.5) is 13.2 Å². The van der Waals surface area contributed by atoms with Gasteiger partial charge in [-0.15, -0.1) is 0 Å². The molecule has 1 atom stereocenters. The van der Waals surface area contributed by atoms with E-state index < -0.39 is 12.1 Å². The highest BCUT2D eigenvalue weighted by Gasteiger charge is 2.40. The van der Waals surface area contributed by atoms with Gasteiger partial charge in [0.1, 0.15) is 0 Å². The molecule has 3 nitrogen and oxygen atoms in total. The van der Waals surface area contributed by atoms with Crippen molar-refractivity contribution in [1.29, 1.82) is 0 Å². The first-order valence-corrected chi connectivity index (χ1v) is 4.55. The molecule has 1 saturated heterocycles. The van der Waals surface area contributed by atoms with Crippen LogP contribution in [0.1, 0.15) is 26.2 Å². The number of alkyl halides is 3. The first-order valence-electron chi connectivity index (χ1n) is 4.55. The van der Waals surface area contributed by atoms with Gasteiger partial charge in [0.25, 0.3) is 0 Å². The summed E-state index contributed by atoms with van der Waals surface area (Å²) in [5.41, 5.74) is 1.88. The van der Waals surface area contributed by atoms with Crippen LogP contribution in [0.3, 0.4) is 0 Å². The molecule has 0 aromatic carbocycles. The van der Waals surface area contributed by atoms with Gasteiger partial charge in [-0.25, -0.2) is 5.01 Å². The lowest BCUT2D eigenvalue weighted by Gasteiger charge is -2.33. The van der Waals surface area contributed by atoms with Gasteiger partial charge in [0.2, 0.25) is 0 Å². The number of piperidine rings is 1. The minimum Gasteiger partial charge on any atom is -0.281 e. The lowest BCUT2D eigenvalue weighted by Crippen LogP contribution is -2.53. The van der Waals surface area contributed by atoms with Crippen LogP contribution < -0.4 is 5.43 Å². The molecule has 0 spiro atoms. The molecule has 0 radical (unpaired) electrons. The molecule has 0 aromatic heterocycles. The predicted octanol–water partition coefficient (Wildman–Crippen LogP) is 1.45. The van der Waals surface area contributed by atoms with Gasteiger partial charge < -0.3 is 0 Å². The van der Waals surface area contributed by atoms with E-state index in [-0.39, 0.29) is 6.04 Å². The van der Waals surface area contributed by atoms with E-state index >= 15 is 0 Å². The summed E-state index contributed by atoms with van der Waals surface area (Å²) in [6.45, 7) is 2.29. The molecule has 1 aliphatic rings. The molecule has 1 fully saturated rings. The molecule has 82 valence electrons. The third-order valence-electron chi connectivity index (χ3n) is 2.31. The molecule has 1 amide bonds. The second-order valence-electron chi connectivity index (χ2n) is 3.48. The molecule has 0 aliphatic carbocycles. The van der Waals surface area contributed by atoms with Crippen LogP contribution in [-0.4, -0.2) is 29.7 Å². The average Bonchev–Trinajstić information content (AvgIpc) is 2.07. The number of rotatable bonds is 1. The Morgan fingerprint density at radius 1 is 1.43 bits per heavy atom. The van der Waals surface area contributed by atoms with Crippen LogP contribution in [0.15, 0.2) is 0 Å². The largest absolute Gasteiger partial charge is 0.472 e. The van der Waals surface area contributed by atoms with Crippen molar-refractivity contribution < 1.29 is 18.0 Å². The highest BCUT2D eigenvalue weighted by molar-refractivity contribution is 5.81. The third-order valence-corrected chi connectivity index (χ3v) is 2.31. The van der Waals surface area contributed by atoms with Crippen molar-refractivity contribution in [2.24, 2.45) is 0 Å². The quantitative estimate of drug-likeness (QED) is 0.710. The Labute approximate surface area is 80.2 Å². The Hall–Kier alpha value is -0.780. The summed E-state index contributed by atoms with van der Waals surface area (Å²) >= 11 is 0. The van der Waals surface area contributed by atoms with Gasteiger partial charge in [-0.1, -0.05) is 6.42 Å². The number of nitrogens with zero attached hydrogens (tertiary/aromatic N) is 1. The number of halogens is 3. The zero-order valence-corrected chi connectivity index (χ0v) is 7.90. The summed E-state index contributed by atoms with van der Waals surface area (Å²) in [7, 11) is 0. The van der Waals surface area contributed by atoms with Gasteiger partial charge in [-0.3, -0.25) is 10.2 Å². The molecule has 1 heterocycles. The molecule has 6 heteroatoms. The minimum atomic E-state index is -4.79. The van der Waals surface area contributed by atoms with Gasteiger partial charge in [0, 0.05) is 12.6 Å². The van der Waals surface area contributed by atoms with E-state index in [0.717, 1.165) is 19.3 Å². The number of nitrogens with one attached hydrogen (secondary N) is 1. The fourth-order valence-corrected chi connectivity index (χ4v) is 1.46. The lowest BCUT2D eigenvalue weighted by atomic mass is 10.1. The van der Waals surface area contributed by atoms with Gasteiger partial charge in [0.05, 0.1) is 0 Å². The van der Waals surface area contributed by atoms with Gasteiger partial charge >= 0.3 is 12.1 Å². The SMILES string of the molecule is CC1CCCCN1NC(=O)C(F)(F)F. The molecule has 0 aromatic rings. The van der Waals surface area contributed by atoms with Crippen LogP contribution >= 0.6 is 0 Å². The van der Waals surface area contributed by atoms with Crippen molar-refractivity contribution in [2.45, 2.75) is 38.4 Å². The maximum atomic E-state index is 11.9. The van der Waals surface area contributed by atoms with Gasteiger partial charge in [-0.05, 0) is 19.8 Å². The van der Waals surface area contributed by atoms with E-state index in [2.05, 4.69) is 0 Å². The Kier molecular flexibility index (Phi) is 3.36. The molecule has 1 N–H and O–H groups in total. The fraction of sp³-hybridized carbons (Fsp3) is 0.875. The average molecular weight is 210 g/mol. The molecular formula is C8H13F3N2O. The van der Waals surface area contributed by atoms with Gasteiger partial charge in [0.15, 0.2) is 0 Å². The highest BCUT2D eigenvalue weighted by Crippen LogP contribution is 2.18. The highest BCUT2D eigenvalue weighted by atomic mass is 19.4. The molecule has 0 saturated carbocycles. The molecule has 1 aliphatic heterocycles. The molecule has 1 rings (SSSR count). The van der Waals surface area contributed by atoms with Crippen molar-refractivity contribution in [3.05, 3.63) is 0 Å². The smallest absolute Gasteiger partial charge is 0.281 e. The number of amides is 1. The number of hydrazine groups is 1. The lowest BCUT2D eigenvalue weighted by molar-refractivity contribution is -0.180. The zero-order valence-electron chi connectivity index (χ0n) is 7.90. The molecular weight excluding hydrogens is 197 g/mol. The Balaban J connectivity index is 2.46. The molecule has 14 heavy (non-hydrogen) atoms. The Bertz CT molecular complexity index is 217. The van der Waals surface area contributed by atoms with Crippen LogP contribution in [-0.2, 0) is 4.79 Å². The maximum Gasteiger partial charge on any atom is 0.472 e. The zero-order chi connectivity index (χ0) is 10.8. The van der Waals surface area contributed by atoms with Gasteiger partial charge in [-0.2, -0.15) is 13.2 Å². The van der Waals surface area contributed by atoms with Crippen LogP contribution in [0, 0.1) is 0 Å². The standard InChI is InChI=1S/C8H13F3N2O/c1-6-4-2-3-5-13(6)12-7(14)8(9,10)11/h6H,2-5H2,1H3,(H,12,14). The third kappa shape index (κ3) is 2.87. The summed E-state index contributed by atoms with van der Waals surface area (Å²) in [5, 5.41) is 1.36. The number of hydrogen-bond donors (Lipinski definition) is 1. The summed E-state index contributed by atoms with van der Waals surface area (Å²) in [6.07, 6.45) is -2.16. The van der Waals surface area contributed by atoms with Crippen LogP contribution in [0.25, 0.3) is 0 Å². The van der Waals surface area contributed by atoms with E-state index in [1.54, 1.807) is 6.92 Å².